The highest BCUT2D eigenvalue weighted by atomic mass is 16.5. The lowest BCUT2D eigenvalue weighted by atomic mass is 9.55. The van der Waals surface area contributed by atoms with Crippen molar-refractivity contribution in [3.8, 4) is 0 Å². The van der Waals surface area contributed by atoms with Gasteiger partial charge in [0.15, 0.2) is 0 Å². The van der Waals surface area contributed by atoms with Gasteiger partial charge in [-0.25, -0.2) is 0 Å². The number of hydrogen-bond donors (Lipinski definition) is 0. The van der Waals surface area contributed by atoms with Crippen molar-refractivity contribution >= 4 is 0 Å². The van der Waals surface area contributed by atoms with Gasteiger partial charge in [-0.15, -0.1) is 0 Å². The minimum absolute atomic E-state index is 0.271. The van der Waals surface area contributed by atoms with Crippen molar-refractivity contribution in [3.05, 3.63) is 35.9 Å². The van der Waals surface area contributed by atoms with Gasteiger partial charge in [-0.05, 0) is 42.1 Å². The summed E-state index contributed by atoms with van der Waals surface area (Å²) >= 11 is 0. The van der Waals surface area contributed by atoms with Crippen LogP contribution in [-0.4, -0.2) is 13.7 Å². The van der Waals surface area contributed by atoms with Crippen LogP contribution in [0.4, 0.5) is 0 Å². The lowest BCUT2D eigenvalue weighted by Crippen LogP contribution is -2.43. The Balaban J connectivity index is 2.27. The van der Waals surface area contributed by atoms with E-state index in [1.165, 1.54) is 44.1 Å². The Hall–Kier alpha value is -0.820. The van der Waals surface area contributed by atoms with Crippen LogP contribution < -0.4 is 0 Å². The van der Waals surface area contributed by atoms with Crippen LogP contribution in [0.2, 0.25) is 0 Å². The highest BCUT2D eigenvalue weighted by molar-refractivity contribution is 5.28. The Bertz CT molecular complexity index is 391. The van der Waals surface area contributed by atoms with Crippen LogP contribution in [0.15, 0.2) is 30.3 Å². The Morgan fingerprint density at radius 3 is 2.35 bits per heavy atom. The molecule has 1 aliphatic rings. The van der Waals surface area contributed by atoms with E-state index in [0.29, 0.717) is 5.41 Å². The molecule has 20 heavy (non-hydrogen) atoms. The minimum Gasteiger partial charge on any atom is -0.385 e. The second-order valence-electron chi connectivity index (χ2n) is 6.92. The molecule has 0 amide bonds. The van der Waals surface area contributed by atoms with E-state index < -0.39 is 0 Å². The molecule has 1 heteroatoms. The van der Waals surface area contributed by atoms with E-state index in [0.717, 1.165) is 13.0 Å². The van der Waals surface area contributed by atoms with E-state index in [9.17, 15) is 0 Å². The van der Waals surface area contributed by atoms with Crippen molar-refractivity contribution in [2.75, 3.05) is 13.7 Å². The Morgan fingerprint density at radius 2 is 1.75 bits per heavy atom. The lowest BCUT2D eigenvalue weighted by Gasteiger charge is -2.50. The lowest BCUT2D eigenvalue weighted by molar-refractivity contribution is 0.0759. The van der Waals surface area contributed by atoms with Crippen LogP contribution in [0, 0.1) is 5.41 Å². The van der Waals surface area contributed by atoms with Gasteiger partial charge >= 0.3 is 0 Å². The van der Waals surface area contributed by atoms with Gasteiger partial charge in [-0.2, -0.15) is 0 Å². The summed E-state index contributed by atoms with van der Waals surface area (Å²) in [4.78, 5) is 0. The molecule has 1 atom stereocenters. The molecule has 1 nitrogen and oxygen atoms in total. The number of methoxy groups -OCH3 is 1. The molecule has 0 aromatic heterocycles. The van der Waals surface area contributed by atoms with E-state index in [2.05, 4.69) is 44.2 Å². The Morgan fingerprint density at radius 1 is 1.10 bits per heavy atom. The van der Waals surface area contributed by atoms with Crippen LogP contribution >= 0.6 is 0 Å². The van der Waals surface area contributed by atoms with E-state index >= 15 is 0 Å². The standard InChI is InChI=1S/C19H30O/c1-18(13-8-5-9-14-18)19(2,15-10-16-20-3)17-11-6-4-7-12-17/h4,6-7,11-12H,5,8-10,13-16H2,1-3H3/t19-/m1/s1. The smallest absolute Gasteiger partial charge is 0.0462 e. The van der Waals surface area contributed by atoms with Gasteiger partial charge in [0.25, 0.3) is 0 Å². The molecular weight excluding hydrogens is 244 g/mol. The van der Waals surface area contributed by atoms with E-state index in [4.69, 9.17) is 4.74 Å². The summed E-state index contributed by atoms with van der Waals surface area (Å²) in [6, 6.07) is 11.2. The van der Waals surface area contributed by atoms with E-state index in [-0.39, 0.29) is 5.41 Å². The maximum absolute atomic E-state index is 5.29. The molecule has 1 aliphatic carbocycles. The molecule has 0 N–H and O–H groups in total. The average molecular weight is 274 g/mol. The van der Waals surface area contributed by atoms with E-state index in [1.54, 1.807) is 0 Å². The Kier molecular flexibility index (Phi) is 5.26. The van der Waals surface area contributed by atoms with Crippen molar-refractivity contribution in [2.45, 2.75) is 64.2 Å². The molecule has 0 bridgehead atoms. The molecule has 1 aromatic rings. The zero-order chi connectivity index (χ0) is 14.5. The van der Waals surface area contributed by atoms with Crippen LogP contribution in [-0.2, 0) is 10.2 Å². The van der Waals surface area contributed by atoms with Gasteiger partial charge in [-0.3, -0.25) is 0 Å². The normalized spacial score (nSPS) is 21.4. The Labute approximate surface area is 124 Å². The summed E-state index contributed by atoms with van der Waals surface area (Å²) in [5.41, 5.74) is 2.22. The molecule has 112 valence electrons. The van der Waals surface area contributed by atoms with Gasteiger partial charge in [0.2, 0.25) is 0 Å². The molecule has 1 aromatic carbocycles. The second kappa shape index (κ2) is 6.76. The highest BCUT2D eigenvalue weighted by Crippen LogP contribution is 2.53. The number of benzene rings is 1. The van der Waals surface area contributed by atoms with Gasteiger partial charge in [0, 0.05) is 13.7 Å². The SMILES string of the molecule is COCCC[C@](C)(c1ccccc1)C1(C)CCCCC1. The first kappa shape index (κ1) is 15.6. The fourth-order valence-corrected chi connectivity index (χ4v) is 4.05. The average Bonchev–Trinajstić information content (AvgIpc) is 2.49. The number of hydrogen-bond acceptors (Lipinski definition) is 1. The molecule has 0 spiro atoms. The predicted molar refractivity (Wildman–Crippen MR) is 86.1 cm³/mol. The van der Waals surface area contributed by atoms with Crippen molar-refractivity contribution in [1.29, 1.82) is 0 Å². The third-order valence-corrected chi connectivity index (χ3v) is 5.73. The monoisotopic (exact) mass is 274 g/mol. The molecule has 2 rings (SSSR count). The summed E-state index contributed by atoms with van der Waals surface area (Å²) < 4.78 is 5.29. The van der Waals surface area contributed by atoms with Crippen LogP contribution in [0.1, 0.15) is 64.4 Å². The quantitative estimate of drug-likeness (QED) is 0.636. The van der Waals surface area contributed by atoms with Crippen molar-refractivity contribution in [2.24, 2.45) is 5.41 Å². The molecule has 0 heterocycles. The molecular formula is C19H30O. The van der Waals surface area contributed by atoms with Crippen LogP contribution in [0.25, 0.3) is 0 Å². The zero-order valence-corrected chi connectivity index (χ0v) is 13.5. The fraction of sp³-hybridized carbons (Fsp3) is 0.684. The molecule has 1 saturated carbocycles. The summed E-state index contributed by atoms with van der Waals surface area (Å²) in [5.74, 6) is 0. The number of ether oxygens (including phenoxy) is 1. The first-order chi connectivity index (χ1) is 9.62. The minimum atomic E-state index is 0.271. The van der Waals surface area contributed by atoms with Gasteiger partial charge in [-0.1, -0.05) is 63.4 Å². The molecule has 0 unspecified atom stereocenters. The molecule has 0 radical (unpaired) electrons. The number of rotatable bonds is 6. The summed E-state index contributed by atoms with van der Waals surface area (Å²) in [6.07, 6.45) is 9.31. The third-order valence-electron chi connectivity index (χ3n) is 5.73. The topological polar surface area (TPSA) is 9.23 Å². The largest absolute Gasteiger partial charge is 0.385 e. The van der Waals surface area contributed by atoms with Crippen LogP contribution in [0.3, 0.4) is 0 Å². The summed E-state index contributed by atoms with van der Waals surface area (Å²) in [5, 5.41) is 0. The molecule has 0 saturated heterocycles. The fourth-order valence-electron chi connectivity index (χ4n) is 4.05. The zero-order valence-electron chi connectivity index (χ0n) is 13.5. The molecule has 1 fully saturated rings. The first-order valence-electron chi connectivity index (χ1n) is 8.17. The third kappa shape index (κ3) is 3.09. The summed E-state index contributed by atoms with van der Waals surface area (Å²) in [6.45, 7) is 5.88. The van der Waals surface area contributed by atoms with Crippen molar-refractivity contribution in [3.63, 3.8) is 0 Å². The highest BCUT2D eigenvalue weighted by Gasteiger charge is 2.45. The molecule has 0 aliphatic heterocycles. The van der Waals surface area contributed by atoms with Gasteiger partial charge in [0.1, 0.15) is 0 Å². The van der Waals surface area contributed by atoms with Crippen molar-refractivity contribution < 1.29 is 4.74 Å². The second-order valence-corrected chi connectivity index (χ2v) is 6.92. The van der Waals surface area contributed by atoms with Gasteiger partial charge < -0.3 is 4.74 Å². The predicted octanol–water partition coefficient (Wildman–Crippen LogP) is 5.34. The first-order valence-corrected chi connectivity index (χ1v) is 8.17. The summed E-state index contributed by atoms with van der Waals surface area (Å²) in [7, 11) is 1.81. The van der Waals surface area contributed by atoms with Gasteiger partial charge in [0.05, 0.1) is 0 Å². The maximum Gasteiger partial charge on any atom is 0.0462 e. The van der Waals surface area contributed by atoms with E-state index in [1.807, 2.05) is 7.11 Å². The van der Waals surface area contributed by atoms with Crippen LogP contribution in [0.5, 0.6) is 0 Å². The van der Waals surface area contributed by atoms with Crippen molar-refractivity contribution in [1.82, 2.24) is 0 Å². The maximum atomic E-state index is 5.29.